The Balaban J connectivity index is 0.961. The fourth-order valence-electron chi connectivity index (χ4n) is 10.7. The van der Waals surface area contributed by atoms with E-state index in [-0.39, 0.29) is 5.41 Å². The van der Waals surface area contributed by atoms with Gasteiger partial charge in [0.05, 0.1) is 22.7 Å². The monoisotopic (exact) mass is 794 g/mol. The van der Waals surface area contributed by atoms with Crippen LogP contribution in [0.5, 0.6) is 0 Å². The molecule has 0 amide bonds. The molecule has 0 fully saturated rings. The van der Waals surface area contributed by atoms with Crippen molar-refractivity contribution < 1.29 is 0 Å². The van der Waals surface area contributed by atoms with Gasteiger partial charge in [-0.1, -0.05) is 191 Å². The van der Waals surface area contributed by atoms with Gasteiger partial charge >= 0.3 is 0 Å². The van der Waals surface area contributed by atoms with Gasteiger partial charge in [0.25, 0.3) is 0 Å². The number of hydrogen-bond donors (Lipinski definition) is 0. The van der Waals surface area contributed by atoms with Crippen LogP contribution in [0.25, 0.3) is 63.1 Å². The lowest BCUT2D eigenvalue weighted by molar-refractivity contribution is 0.660. The number of fused-ring (bicyclic) bond motifs is 8. The van der Waals surface area contributed by atoms with Crippen molar-refractivity contribution in [2.45, 2.75) is 32.6 Å². The van der Waals surface area contributed by atoms with Crippen LogP contribution < -0.4 is 9.80 Å². The Labute approximate surface area is 364 Å². The molecule has 1 unspecified atom stereocenters. The van der Waals surface area contributed by atoms with Crippen LogP contribution in [0.3, 0.4) is 0 Å². The van der Waals surface area contributed by atoms with Crippen LogP contribution in [0, 0.1) is 5.92 Å². The van der Waals surface area contributed by atoms with Gasteiger partial charge in [-0.25, -0.2) is 0 Å². The molecule has 0 saturated heterocycles. The van der Waals surface area contributed by atoms with Crippen LogP contribution in [0.15, 0.2) is 187 Å². The smallest absolute Gasteiger partial charge is 0.0619 e. The summed E-state index contributed by atoms with van der Waals surface area (Å²) >= 11 is 0. The Morgan fingerprint density at radius 1 is 0.500 bits per heavy atom. The molecule has 2 heteroatoms. The third kappa shape index (κ3) is 5.56. The van der Waals surface area contributed by atoms with E-state index in [1.165, 1.54) is 111 Å². The van der Waals surface area contributed by atoms with Gasteiger partial charge in [-0.2, -0.15) is 0 Å². The molecule has 2 aliphatic heterocycles. The molecule has 4 aliphatic rings. The highest BCUT2D eigenvalue weighted by molar-refractivity contribution is 6.19. The van der Waals surface area contributed by atoms with Crippen molar-refractivity contribution in [1.29, 1.82) is 0 Å². The van der Waals surface area contributed by atoms with E-state index in [2.05, 4.69) is 237 Å². The molecule has 62 heavy (non-hydrogen) atoms. The quantitative estimate of drug-likeness (QED) is 0.129. The van der Waals surface area contributed by atoms with E-state index >= 15 is 0 Å². The van der Waals surface area contributed by atoms with E-state index in [1.807, 2.05) is 0 Å². The molecule has 0 bridgehead atoms. The number of nitrogens with zero attached hydrogens (tertiary/aromatic N) is 2. The fourth-order valence-corrected chi connectivity index (χ4v) is 10.7. The molecule has 0 spiro atoms. The van der Waals surface area contributed by atoms with Crippen molar-refractivity contribution in [3.8, 4) is 11.1 Å². The van der Waals surface area contributed by atoms with E-state index in [4.69, 9.17) is 0 Å². The summed E-state index contributed by atoms with van der Waals surface area (Å²) in [5, 5.41) is 4.98. The molecule has 2 nitrogen and oxygen atoms in total. The van der Waals surface area contributed by atoms with E-state index in [9.17, 15) is 0 Å². The van der Waals surface area contributed by atoms with Crippen molar-refractivity contribution in [3.63, 3.8) is 0 Å². The average molecular weight is 795 g/mol. The average Bonchev–Trinajstić information content (AvgIpc) is 3.43. The predicted molar refractivity (Wildman–Crippen MR) is 266 cm³/mol. The molecule has 0 N–H and O–H groups in total. The maximum absolute atomic E-state index is 2.54. The molecular weight excluding hydrogens is 749 g/mol. The second-order valence-electron chi connectivity index (χ2n) is 17.7. The van der Waals surface area contributed by atoms with Crippen molar-refractivity contribution >= 4 is 80.4 Å². The lowest BCUT2D eigenvalue weighted by Gasteiger charge is -2.33. The highest BCUT2D eigenvalue weighted by Gasteiger charge is 2.36. The topological polar surface area (TPSA) is 6.48 Å². The van der Waals surface area contributed by atoms with Gasteiger partial charge in [0, 0.05) is 27.6 Å². The molecule has 0 aromatic heterocycles. The molecule has 8 aromatic rings. The first-order chi connectivity index (χ1) is 30.4. The van der Waals surface area contributed by atoms with E-state index in [0.717, 1.165) is 6.42 Å². The zero-order valence-corrected chi connectivity index (χ0v) is 35.3. The molecular formula is C60H46N2. The number of allylic oxidation sites excluding steroid dienone is 4. The molecule has 296 valence electrons. The summed E-state index contributed by atoms with van der Waals surface area (Å²) in [5.74, 6) is 0.432. The standard InChI is InChI=1S/C60H46N2/c1-39-15-14-26-58-45(39)35-31-43-18-6-13-25-57(43)62(58)59-51-21-9-7-19-46(51)48(47-20-8-10-22-52(47)59)33-27-40-28-34-49-50-36-32-44(38-54(50)60(2,3)53(49)37-40)61-55-23-11-4-16-41(55)29-30-42-17-5-12-24-56(42)61/h4-14,16-39H,15H2,1-3H3. The van der Waals surface area contributed by atoms with Gasteiger partial charge in [-0.05, 0) is 115 Å². The second-order valence-corrected chi connectivity index (χ2v) is 17.7. The van der Waals surface area contributed by atoms with Crippen LogP contribution in [0.1, 0.15) is 66.1 Å². The molecule has 2 aliphatic carbocycles. The largest absolute Gasteiger partial charge is 0.309 e. The molecule has 0 radical (unpaired) electrons. The minimum absolute atomic E-state index is 0.189. The van der Waals surface area contributed by atoms with Gasteiger partial charge in [-0.15, -0.1) is 0 Å². The summed E-state index contributed by atoms with van der Waals surface area (Å²) in [7, 11) is 0. The maximum Gasteiger partial charge on any atom is 0.0619 e. The van der Waals surface area contributed by atoms with Crippen molar-refractivity contribution in [3.05, 3.63) is 226 Å². The summed E-state index contributed by atoms with van der Waals surface area (Å²) in [4.78, 5) is 4.98. The second kappa shape index (κ2) is 14.1. The van der Waals surface area contributed by atoms with Crippen molar-refractivity contribution in [2.75, 3.05) is 9.80 Å². The van der Waals surface area contributed by atoms with Crippen LogP contribution >= 0.6 is 0 Å². The molecule has 0 saturated carbocycles. The Morgan fingerprint density at radius 3 is 1.65 bits per heavy atom. The number of para-hydroxylation sites is 3. The molecule has 2 heterocycles. The third-order valence-electron chi connectivity index (χ3n) is 13.8. The van der Waals surface area contributed by atoms with E-state index in [1.54, 1.807) is 0 Å². The van der Waals surface area contributed by atoms with Crippen LogP contribution in [0.4, 0.5) is 28.4 Å². The summed E-state index contributed by atoms with van der Waals surface area (Å²) < 4.78 is 0. The summed E-state index contributed by atoms with van der Waals surface area (Å²) in [5.41, 5.74) is 19.9. The first-order valence-electron chi connectivity index (χ1n) is 22.0. The number of hydrogen-bond acceptors (Lipinski definition) is 2. The molecule has 12 rings (SSSR count). The maximum atomic E-state index is 2.54. The third-order valence-corrected chi connectivity index (χ3v) is 13.8. The minimum atomic E-state index is -0.189. The summed E-state index contributed by atoms with van der Waals surface area (Å²) in [6, 6.07) is 58.4. The minimum Gasteiger partial charge on any atom is -0.309 e. The summed E-state index contributed by atoms with van der Waals surface area (Å²) in [6.07, 6.45) is 19.6. The van der Waals surface area contributed by atoms with Crippen LogP contribution in [0.2, 0.25) is 0 Å². The van der Waals surface area contributed by atoms with Gasteiger partial charge in [-0.3, -0.25) is 0 Å². The van der Waals surface area contributed by atoms with E-state index in [0.29, 0.717) is 5.92 Å². The lowest BCUT2D eigenvalue weighted by atomic mass is 9.81. The first-order valence-corrected chi connectivity index (χ1v) is 22.0. The number of anilines is 5. The van der Waals surface area contributed by atoms with E-state index < -0.39 is 0 Å². The number of rotatable bonds is 4. The van der Waals surface area contributed by atoms with Gasteiger partial charge in [0.1, 0.15) is 0 Å². The zero-order chi connectivity index (χ0) is 41.5. The molecule has 1 atom stereocenters. The Hall–Kier alpha value is -7.42. The fraction of sp³-hybridized carbons (Fsp3) is 0.100. The SMILES string of the molecule is CC1CC=CC2=C1C=Cc1ccccc1N2c1c2ccccc2c(C=Cc2ccc3c(c2)C(C)(C)c2cc(N4c5ccccc5C=Cc5ccccc54)ccc2-3)c2ccccc12. The molecule has 8 aromatic carbocycles. The zero-order valence-electron chi connectivity index (χ0n) is 35.3. The number of benzene rings is 8. The van der Waals surface area contributed by atoms with Crippen LogP contribution in [-0.4, -0.2) is 0 Å². The first kappa shape index (κ1) is 36.4. The van der Waals surface area contributed by atoms with Crippen molar-refractivity contribution in [1.82, 2.24) is 0 Å². The predicted octanol–water partition coefficient (Wildman–Crippen LogP) is 16.4. The summed E-state index contributed by atoms with van der Waals surface area (Å²) in [6.45, 7) is 7.13. The Kier molecular flexibility index (Phi) is 8.27. The van der Waals surface area contributed by atoms with Crippen LogP contribution in [-0.2, 0) is 5.41 Å². The normalized spacial score (nSPS) is 16.8. The van der Waals surface area contributed by atoms with Gasteiger partial charge < -0.3 is 9.80 Å². The van der Waals surface area contributed by atoms with Crippen molar-refractivity contribution in [2.24, 2.45) is 5.92 Å². The highest BCUT2D eigenvalue weighted by Crippen LogP contribution is 2.53. The lowest BCUT2D eigenvalue weighted by Crippen LogP contribution is -2.21. The van der Waals surface area contributed by atoms with Gasteiger partial charge in [0.15, 0.2) is 0 Å². The Bertz CT molecular complexity index is 3230. The highest BCUT2D eigenvalue weighted by atomic mass is 15.2. The van der Waals surface area contributed by atoms with Gasteiger partial charge in [0.2, 0.25) is 0 Å². The Morgan fingerprint density at radius 2 is 1.02 bits per heavy atom.